The number of piperidine rings is 1. The molecule has 0 spiro atoms. The van der Waals surface area contributed by atoms with Gasteiger partial charge >= 0.3 is 6.36 Å². The van der Waals surface area contributed by atoms with Crippen LogP contribution in [0.15, 0.2) is 32.8 Å². The first-order valence-electron chi connectivity index (χ1n) is 11.2. The first-order chi connectivity index (χ1) is 17.8. The van der Waals surface area contributed by atoms with Crippen LogP contribution in [0.25, 0.3) is 0 Å². The van der Waals surface area contributed by atoms with Crippen molar-refractivity contribution < 1.29 is 48.9 Å². The first-order valence-corrected chi connectivity index (χ1v) is 14.2. The smallest absolute Gasteiger partial charge is 0.405 e. The number of hydrogen-bond donors (Lipinski definition) is 3. The molecule has 208 valence electrons. The molecule has 1 saturated heterocycles. The molecule has 0 aliphatic carbocycles. The highest BCUT2D eigenvalue weighted by atomic mass is 32.2. The van der Waals surface area contributed by atoms with Gasteiger partial charge < -0.3 is 14.6 Å². The molecular formula is C20H22F3N5O8S2. The average Bonchev–Trinajstić information content (AvgIpc) is 3.44. The van der Waals surface area contributed by atoms with E-state index in [1.165, 1.54) is 0 Å². The van der Waals surface area contributed by atoms with Gasteiger partial charge in [0.05, 0.1) is 18.6 Å². The number of nitrogens with zero attached hydrogens (tertiary/aromatic N) is 2. The summed E-state index contributed by atoms with van der Waals surface area (Å²) in [7, 11) is -9.24. The summed E-state index contributed by atoms with van der Waals surface area (Å²) in [6.07, 6.45) is -2.39. The van der Waals surface area contributed by atoms with Gasteiger partial charge in [-0.2, -0.15) is 8.42 Å². The van der Waals surface area contributed by atoms with Gasteiger partial charge in [-0.05, 0) is 38.4 Å². The summed E-state index contributed by atoms with van der Waals surface area (Å²) < 4.78 is 103. The van der Waals surface area contributed by atoms with E-state index in [0.29, 0.717) is 6.07 Å². The van der Waals surface area contributed by atoms with Crippen LogP contribution in [-0.4, -0.2) is 64.8 Å². The highest BCUT2D eigenvalue weighted by molar-refractivity contribution is 7.92. The molecule has 1 aromatic heterocycles. The minimum Gasteiger partial charge on any atom is -0.405 e. The van der Waals surface area contributed by atoms with Crippen molar-refractivity contribution in [3.63, 3.8) is 0 Å². The number of carbonyl (C=O) groups excluding carboxylic acids is 2. The number of sulfonamides is 2. The fourth-order valence-electron chi connectivity index (χ4n) is 4.08. The fourth-order valence-corrected chi connectivity index (χ4v) is 6.22. The number of carbonyl (C=O) groups is 2. The number of nitrogens with one attached hydrogen (secondary N) is 3. The molecule has 2 aliphatic heterocycles. The second-order valence-electron chi connectivity index (χ2n) is 8.46. The molecule has 2 amide bonds. The van der Waals surface area contributed by atoms with E-state index in [0.717, 1.165) is 44.6 Å². The fraction of sp³-hybridized carbons (Fsp3) is 0.450. The van der Waals surface area contributed by atoms with Crippen LogP contribution in [0.4, 0.5) is 18.9 Å². The number of hydrogen-bond acceptors (Lipinski definition) is 10. The summed E-state index contributed by atoms with van der Waals surface area (Å²) in [4.78, 5) is 25.9. The molecule has 4 rings (SSSR count). The molecule has 0 radical (unpaired) electrons. The third-order valence-corrected chi connectivity index (χ3v) is 8.37. The quantitative estimate of drug-likeness (QED) is 0.391. The Bertz CT molecular complexity index is 1440. The summed E-state index contributed by atoms with van der Waals surface area (Å²) in [5.41, 5.74) is -2.19. The topological polar surface area (TPSA) is 177 Å². The van der Waals surface area contributed by atoms with Crippen molar-refractivity contribution in [2.75, 3.05) is 24.5 Å². The lowest BCUT2D eigenvalue weighted by atomic mass is 10.0. The second kappa shape index (κ2) is 10.4. The molecule has 38 heavy (non-hydrogen) atoms. The number of benzene rings is 1. The molecule has 0 saturated carbocycles. The number of anilines is 1. The Morgan fingerprint density at radius 1 is 1.24 bits per heavy atom. The second-order valence-corrected chi connectivity index (χ2v) is 11.7. The monoisotopic (exact) mass is 581 g/mol. The van der Waals surface area contributed by atoms with Gasteiger partial charge in [0.1, 0.15) is 16.2 Å². The Hall–Kier alpha value is -3.38. The lowest BCUT2D eigenvalue weighted by Gasteiger charge is -2.26. The lowest BCUT2D eigenvalue weighted by Crippen LogP contribution is -2.40. The zero-order valence-corrected chi connectivity index (χ0v) is 21.1. The summed E-state index contributed by atoms with van der Waals surface area (Å²) in [5, 5.41) is 5.17. The Balaban J connectivity index is 1.72. The Kier molecular flexibility index (Phi) is 7.57. The Labute approximate surface area is 214 Å². The van der Waals surface area contributed by atoms with E-state index in [1.807, 2.05) is 9.62 Å². The maximum Gasteiger partial charge on any atom is 0.573 e. The molecule has 1 aromatic carbocycles. The molecule has 0 unspecified atom stereocenters. The summed E-state index contributed by atoms with van der Waals surface area (Å²) in [6, 6.07) is 1.62. The lowest BCUT2D eigenvalue weighted by molar-refractivity contribution is -0.275. The SMILES string of the molecule is O=C(CCc1c(NS(=O)(=O)c2ccno2)cc2c(c1OC(F)(F)F)C(=O)NS2(=O)=O)NCN1CCCCC1. The maximum absolute atomic E-state index is 13.4. The summed E-state index contributed by atoms with van der Waals surface area (Å²) >= 11 is 0. The summed E-state index contributed by atoms with van der Waals surface area (Å²) in [6.45, 7) is 1.75. The van der Waals surface area contributed by atoms with Gasteiger partial charge in [0.2, 0.25) is 5.91 Å². The zero-order valence-electron chi connectivity index (χ0n) is 19.5. The molecule has 0 bridgehead atoms. The maximum atomic E-state index is 13.4. The van der Waals surface area contributed by atoms with Crippen LogP contribution in [0.1, 0.15) is 41.6 Å². The van der Waals surface area contributed by atoms with Crippen LogP contribution in [0.5, 0.6) is 5.75 Å². The summed E-state index contributed by atoms with van der Waals surface area (Å²) in [5.74, 6) is -3.22. The van der Waals surface area contributed by atoms with E-state index in [9.17, 15) is 39.6 Å². The molecule has 13 nitrogen and oxygen atoms in total. The van der Waals surface area contributed by atoms with Crippen molar-refractivity contribution in [1.82, 2.24) is 20.1 Å². The normalized spacial score (nSPS) is 17.5. The van der Waals surface area contributed by atoms with E-state index < -0.39 is 83.6 Å². The Morgan fingerprint density at radius 2 is 1.95 bits per heavy atom. The number of likely N-dealkylation sites (tertiary alicyclic amines) is 1. The largest absolute Gasteiger partial charge is 0.573 e. The number of aromatic nitrogens is 1. The van der Waals surface area contributed by atoms with Crippen molar-refractivity contribution >= 4 is 37.5 Å². The van der Waals surface area contributed by atoms with Gasteiger partial charge in [-0.1, -0.05) is 11.6 Å². The van der Waals surface area contributed by atoms with Crippen LogP contribution < -0.4 is 19.5 Å². The first kappa shape index (κ1) is 27.6. The van der Waals surface area contributed by atoms with Crippen LogP contribution in [0.3, 0.4) is 0 Å². The van der Waals surface area contributed by atoms with Crippen molar-refractivity contribution in [3.8, 4) is 5.75 Å². The standard InChI is InChI=1S/C20H22F3N5O8S2/c21-20(22,23)35-18-12(4-5-15(29)24-11-28-8-2-1-3-9-28)13(26-38(33,34)16-6-7-25-36-16)10-14-17(18)19(30)27-37(14,31)32/h6-7,10,26H,1-5,8-9,11H2,(H,24,29)(H,27,30). The average molecular weight is 582 g/mol. The Morgan fingerprint density at radius 3 is 2.58 bits per heavy atom. The van der Waals surface area contributed by atoms with Crippen LogP contribution in [0.2, 0.25) is 0 Å². The van der Waals surface area contributed by atoms with Gasteiger partial charge in [0, 0.05) is 18.1 Å². The van der Waals surface area contributed by atoms with E-state index in [1.54, 1.807) is 4.72 Å². The molecule has 1 fully saturated rings. The van der Waals surface area contributed by atoms with E-state index >= 15 is 0 Å². The molecule has 18 heteroatoms. The highest BCUT2D eigenvalue weighted by Gasteiger charge is 2.43. The number of halogens is 3. The van der Waals surface area contributed by atoms with Crippen LogP contribution >= 0.6 is 0 Å². The van der Waals surface area contributed by atoms with Crippen LogP contribution in [0, 0.1) is 0 Å². The molecule has 3 N–H and O–H groups in total. The molecular weight excluding hydrogens is 559 g/mol. The van der Waals surface area contributed by atoms with Gasteiger partial charge in [-0.15, -0.1) is 13.2 Å². The number of fused-ring (bicyclic) bond motifs is 1. The number of amides is 2. The molecule has 3 heterocycles. The highest BCUT2D eigenvalue weighted by Crippen LogP contribution is 2.42. The van der Waals surface area contributed by atoms with Crippen LogP contribution in [-0.2, 0) is 31.3 Å². The third-order valence-electron chi connectivity index (χ3n) is 5.78. The van der Waals surface area contributed by atoms with E-state index in [-0.39, 0.29) is 6.67 Å². The molecule has 2 aliphatic rings. The number of rotatable bonds is 9. The predicted molar refractivity (Wildman–Crippen MR) is 122 cm³/mol. The predicted octanol–water partition coefficient (Wildman–Crippen LogP) is 1.30. The van der Waals surface area contributed by atoms with Gasteiger partial charge in [-0.25, -0.2) is 13.1 Å². The van der Waals surface area contributed by atoms with Crippen molar-refractivity contribution in [2.45, 2.75) is 48.5 Å². The number of alkyl halides is 3. The van der Waals surface area contributed by atoms with Gasteiger partial charge in [0.25, 0.3) is 31.0 Å². The number of ether oxygens (including phenoxy) is 1. The minimum atomic E-state index is -5.39. The minimum absolute atomic E-state index is 0.209. The molecule has 0 atom stereocenters. The zero-order chi connectivity index (χ0) is 27.7. The van der Waals surface area contributed by atoms with E-state index in [2.05, 4.69) is 19.7 Å². The van der Waals surface area contributed by atoms with Crippen molar-refractivity contribution in [2.24, 2.45) is 0 Å². The third kappa shape index (κ3) is 6.18. The molecule has 2 aromatic rings. The van der Waals surface area contributed by atoms with Gasteiger partial charge in [0.15, 0.2) is 0 Å². The van der Waals surface area contributed by atoms with Crippen molar-refractivity contribution in [3.05, 3.63) is 29.5 Å². The van der Waals surface area contributed by atoms with E-state index in [4.69, 9.17) is 0 Å². The van der Waals surface area contributed by atoms with Crippen molar-refractivity contribution in [1.29, 1.82) is 0 Å². The van der Waals surface area contributed by atoms with Gasteiger partial charge in [-0.3, -0.25) is 19.2 Å².